The molecule has 5 heteroatoms. The standard InChI is InChI=1S/C16H15F3N2/c17-16(18,19)12-4-6-13(7-5-12)21-15-3-1-2-11-10-20-9-8-14(11)15/h1-7,20-21H,8-10H2. The van der Waals surface area contributed by atoms with Gasteiger partial charge in [0.25, 0.3) is 0 Å². The highest BCUT2D eigenvalue weighted by atomic mass is 19.4. The molecule has 0 aromatic heterocycles. The molecule has 0 bridgehead atoms. The van der Waals surface area contributed by atoms with Crippen LogP contribution in [-0.4, -0.2) is 6.54 Å². The summed E-state index contributed by atoms with van der Waals surface area (Å²) in [4.78, 5) is 0. The first-order valence-electron chi connectivity index (χ1n) is 6.80. The molecule has 0 unspecified atom stereocenters. The molecule has 110 valence electrons. The van der Waals surface area contributed by atoms with Gasteiger partial charge in [0.15, 0.2) is 0 Å². The van der Waals surface area contributed by atoms with Crippen molar-refractivity contribution in [2.75, 3.05) is 11.9 Å². The molecule has 1 aliphatic heterocycles. The molecule has 0 atom stereocenters. The van der Waals surface area contributed by atoms with Crippen LogP contribution < -0.4 is 10.6 Å². The molecule has 1 aliphatic rings. The molecule has 0 radical (unpaired) electrons. The Bertz CT molecular complexity index is 633. The van der Waals surface area contributed by atoms with Crippen LogP contribution in [-0.2, 0) is 19.1 Å². The average molecular weight is 292 g/mol. The summed E-state index contributed by atoms with van der Waals surface area (Å²) in [5.41, 5.74) is 3.46. The van der Waals surface area contributed by atoms with E-state index in [0.717, 1.165) is 37.3 Å². The smallest absolute Gasteiger partial charge is 0.355 e. The highest BCUT2D eigenvalue weighted by molar-refractivity contribution is 5.65. The Morgan fingerprint density at radius 3 is 2.48 bits per heavy atom. The maximum atomic E-state index is 12.5. The summed E-state index contributed by atoms with van der Waals surface area (Å²) in [6.45, 7) is 1.75. The number of hydrogen-bond donors (Lipinski definition) is 2. The van der Waals surface area contributed by atoms with Gasteiger partial charge in [0.2, 0.25) is 0 Å². The van der Waals surface area contributed by atoms with E-state index in [1.54, 1.807) is 0 Å². The van der Waals surface area contributed by atoms with E-state index in [-0.39, 0.29) is 0 Å². The topological polar surface area (TPSA) is 24.1 Å². The first-order valence-corrected chi connectivity index (χ1v) is 6.80. The van der Waals surface area contributed by atoms with E-state index in [1.165, 1.54) is 23.3 Å². The summed E-state index contributed by atoms with van der Waals surface area (Å²) >= 11 is 0. The van der Waals surface area contributed by atoms with Gasteiger partial charge in [-0.15, -0.1) is 0 Å². The monoisotopic (exact) mass is 292 g/mol. The summed E-state index contributed by atoms with van der Waals surface area (Å²) in [6.07, 6.45) is -3.38. The van der Waals surface area contributed by atoms with Crippen LogP contribution in [0.1, 0.15) is 16.7 Å². The Kier molecular flexibility index (Phi) is 3.59. The molecule has 1 heterocycles. The third kappa shape index (κ3) is 3.03. The fourth-order valence-corrected chi connectivity index (χ4v) is 2.55. The zero-order valence-electron chi connectivity index (χ0n) is 11.3. The minimum absolute atomic E-state index is 0.632. The Hall–Kier alpha value is -2.01. The summed E-state index contributed by atoms with van der Waals surface area (Å²) in [5.74, 6) is 0. The molecule has 0 fully saturated rings. The third-order valence-corrected chi connectivity index (χ3v) is 3.63. The van der Waals surface area contributed by atoms with Gasteiger partial charge < -0.3 is 10.6 Å². The zero-order chi connectivity index (χ0) is 14.9. The zero-order valence-corrected chi connectivity index (χ0v) is 11.3. The van der Waals surface area contributed by atoms with Crippen LogP contribution in [0.3, 0.4) is 0 Å². The first-order chi connectivity index (χ1) is 10.0. The summed E-state index contributed by atoms with van der Waals surface area (Å²) in [5, 5.41) is 6.52. The molecule has 2 aromatic rings. The summed E-state index contributed by atoms with van der Waals surface area (Å²) < 4.78 is 37.6. The van der Waals surface area contributed by atoms with Crippen LogP contribution in [0.25, 0.3) is 0 Å². The van der Waals surface area contributed by atoms with Crippen molar-refractivity contribution in [2.24, 2.45) is 0 Å². The fraction of sp³-hybridized carbons (Fsp3) is 0.250. The van der Waals surface area contributed by atoms with Crippen molar-refractivity contribution in [3.63, 3.8) is 0 Å². The predicted molar refractivity (Wildman–Crippen MR) is 76.6 cm³/mol. The van der Waals surface area contributed by atoms with Gasteiger partial charge in [-0.25, -0.2) is 0 Å². The van der Waals surface area contributed by atoms with Gasteiger partial charge in [-0.3, -0.25) is 0 Å². The lowest BCUT2D eigenvalue weighted by Gasteiger charge is -2.21. The molecular formula is C16H15F3N2. The lowest BCUT2D eigenvalue weighted by molar-refractivity contribution is -0.137. The number of hydrogen-bond acceptors (Lipinski definition) is 2. The minimum atomic E-state index is -4.30. The van der Waals surface area contributed by atoms with Crippen LogP contribution in [0.4, 0.5) is 24.5 Å². The van der Waals surface area contributed by atoms with E-state index in [4.69, 9.17) is 0 Å². The van der Waals surface area contributed by atoms with Gasteiger partial charge in [0.1, 0.15) is 0 Å². The lowest BCUT2D eigenvalue weighted by Crippen LogP contribution is -2.24. The van der Waals surface area contributed by atoms with Gasteiger partial charge in [0, 0.05) is 17.9 Å². The van der Waals surface area contributed by atoms with Crippen molar-refractivity contribution in [1.82, 2.24) is 5.32 Å². The summed E-state index contributed by atoms with van der Waals surface area (Å²) in [6, 6.07) is 11.1. The van der Waals surface area contributed by atoms with Crippen molar-refractivity contribution in [1.29, 1.82) is 0 Å². The minimum Gasteiger partial charge on any atom is -0.355 e. The Morgan fingerprint density at radius 2 is 1.76 bits per heavy atom. The molecule has 3 rings (SSSR count). The Balaban J connectivity index is 1.84. The van der Waals surface area contributed by atoms with Crippen LogP contribution in [0.15, 0.2) is 42.5 Å². The molecule has 0 spiro atoms. The number of benzene rings is 2. The molecule has 0 saturated carbocycles. The van der Waals surface area contributed by atoms with E-state index in [1.807, 2.05) is 12.1 Å². The second-order valence-corrected chi connectivity index (χ2v) is 5.07. The average Bonchev–Trinajstić information content (AvgIpc) is 2.47. The lowest BCUT2D eigenvalue weighted by atomic mass is 9.99. The normalized spacial score (nSPS) is 14.6. The van der Waals surface area contributed by atoms with Crippen molar-refractivity contribution >= 4 is 11.4 Å². The second kappa shape index (κ2) is 5.41. The van der Waals surface area contributed by atoms with Crippen molar-refractivity contribution in [2.45, 2.75) is 19.1 Å². The second-order valence-electron chi connectivity index (χ2n) is 5.07. The molecule has 21 heavy (non-hydrogen) atoms. The van der Waals surface area contributed by atoms with E-state index in [0.29, 0.717) is 5.69 Å². The largest absolute Gasteiger partial charge is 0.416 e. The maximum Gasteiger partial charge on any atom is 0.416 e. The number of fused-ring (bicyclic) bond motifs is 1. The molecule has 2 aromatic carbocycles. The van der Waals surface area contributed by atoms with Gasteiger partial charge in [-0.05, 0) is 54.4 Å². The number of anilines is 2. The molecule has 0 aliphatic carbocycles. The SMILES string of the molecule is FC(F)(F)c1ccc(Nc2cccc3c2CCNC3)cc1. The highest BCUT2D eigenvalue weighted by Gasteiger charge is 2.29. The van der Waals surface area contributed by atoms with Gasteiger partial charge in [0.05, 0.1) is 5.56 Å². The Labute approximate surface area is 121 Å². The van der Waals surface area contributed by atoms with E-state index < -0.39 is 11.7 Å². The van der Waals surface area contributed by atoms with E-state index >= 15 is 0 Å². The van der Waals surface area contributed by atoms with Crippen LogP contribution in [0.2, 0.25) is 0 Å². The number of nitrogens with one attached hydrogen (secondary N) is 2. The van der Waals surface area contributed by atoms with E-state index in [9.17, 15) is 13.2 Å². The fourth-order valence-electron chi connectivity index (χ4n) is 2.55. The van der Waals surface area contributed by atoms with Gasteiger partial charge in [-0.2, -0.15) is 13.2 Å². The molecule has 0 saturated heterocycles. The molecule has 2 nitrogen and oxygen atoms in total. The summed E-state index contributed by atoms with van der Waals surface area (Å²) in [7, 11) is 0. The van der Waals surface area contributed by atoms with Crippen molar-refractivity contribution in [3.8, 4) is 0 Å². The Morgan fingerprint density at radius 1 is 1.00 bits per heavy atom. The molecule has 2 N–H and O–H groups in total. The van der Waals surface area contributed by atoms with Crippen LogP contribution in [0, 0.1) is 0 Å². The highest BCUT2D eigenvalue weighted by Crippen LogP contribution is 2.31. The quantitative estimate of drug-likeness (QED) is 0.871. The third-order valence-electron chi connectivity index (χ3n) is 3.63. The maximum absolute atomic E-state index is 12.5. The van der Waals surface area contributed by atoms with Gasteiger partial charge >= 0.3 is 6.18 Å². The predicted octanol–water partition coefficient (Wildman–Crippen LogP) is 4.09. The molecule has 0 amide bonds. The number of halogens is 3. The molecular weight excluding hydrogens is 277 g/mol. The first kappa shape index (κ1) is 13.9. The van der Waals surface area contributed by atoms with Crippen molar-refractivity contribution < 1.29 is 13.2 Å². The number of rotatable bonds is 2. The van der Waals surface area contributed by atoms with E-state index in [2.05, 4.69) is 16.7 Å². The van der Waals surface area contributed by atoms with Crippen LogP contribution in [0.5, 0.6) is 0 Å². The van der Waals surface area contributed by atoms with Gasteiger partial charge in [-0.1, -0.05) is 12.1 Å². The van der Waals surface area contributed by atoms with Crippen LogP contribution >= 0.6 is 0 Å². The number of alkyl halides is 3. The van der Waals surface area contributed by atoms with Crippen molar-refractivity contribution in [3.05, 3.63) is 59.2 Å².